The fourth-order valence-electron chi connectivity index (χ4n) is 1.77. The highest BCUT2D eigenvalue weighted by molar-refractivity contribution is 7.92. The molecule has 2 aromatic rings. The molecule has 0 aliphatic carbocycles. The van der Waals surface area contributed by atoms with Gasteiger partial charge >= 0.3 is 0 Å². The van der Waals surface area contributed by atoms with Crippen molar-refractivity contribution in [2.75, 3.05) is 0 Å². The highest BCUT2D eigenvalue weighted by atomic mass is 35.5. The minimum Gasteiger partial charge on any atom is -0.292 e. The molecular formula is C14H12Cl2O3S2. The summed E-state index contributed by atoms with van der Waals surface area (Å²) in [6.07, 6.45) is 0. The maximum absolute atomic E-state index is 12.4. The minimum absolute atomic E-state index is 0.265. The van der Waals surface area contributed by atoms with Gasteiger partial charge in [0.15, 0.2) is 15.6 Å². The molecule has 0 spiro atoms. The van der Waals surface area contributed by atoms with E-state index in [4.69, 9.17) is 23.2 Å². The molecule has 1 heterocycles. The SMILES string of the molecule is CC(C(=O)c1ccc(Cl)s1)S(=O)(=O)Cc1ccccc1Cl. The fourth-order valence-corrected chi connectivity index (χ4v) is 4.58. The smallest absolute Gasteiger partial charge is 0.190 e. The van der Waals surface area contributed by atoms with Crippen LogP contribution in [0.25, 0.3) is 0 Å². The largest absolute Gasteiger partial charge is 0.292 e. The molecule has 0 amide bonds. The van der Waals surface area contributed by atoms with Crippen molar-refractivity contribution in [3.63, 3.8) is 0 Å². The van der Waals surface area contributed by atoms with Crippen molar-refractivity contribution in [3.05, 3.63) is 56.2 Å². The van der Waals surface area contributed by atoms with E-state index in [1.807, 2.05) is 0 Å². The third kappa shape index (κ3) is 3.86. The highest BCUT2D eigenvalue weighted by Gasteiger charge is 2.30. The third-order valence-corrected chi connectivity index (χ3v) is 6.66. The summed E-state index contributed by atoms with van der Waals surface area (Å²) in [5.74, 6) is -0.711. The Morgan fingerprint density at radius 2 is 1.86 bits per heavy atom. The monoisotopic (exact) mass is 362 g/mol. The van der Waals surface area contributed by atoms with E-state index in [0.29, 0.717) is 19.8 Å². The van der Waals surface area contributed by atoms with E-state index < -0.39 is 20.9 Å². The normalized spacial score (nSPS) is 13.1. The van der Waals surface area contributed by atoms with Gasteiger partial charge in [0.1, 0.15) is 5.25 Å². The van der Waals surface area contributed by atoms with Crippen LogP contribution in [0.15, 0.2) is 36.4 Å². The fraction of sp³-hybridized carbons (Fsp3) is 0.214. The molecule has 0 N–H and O–H groups in total. The first-order valence-electron chi connectivity index (χ1n) is 6.06. The highest BCUT2D eigenvalue weighted by Crippen LogP contribution is 2.26. The predicted molar refractivity (Wildman–Crippen MR) is 87.2 cm³/mol. The summed E-state index contributed by atoms with van der Waals surface area (Å²) in [5.41, 5.74) is 0.489. The summed E-state index contributed by atoms with van der Waals surface area (Å²) in [5, 5.41) is -0.761. The van der Waals surface area contributed by atoms with E-state index >= 15 is 0 Å². The maximum Gasteiger partial charge on any atom is 0.190 e. The lowest BCUT2D eigenvalue weighted by atomic mass is 10.2. The molecular weight excluding hydrogens is 351 g/mol. The molecule has 1 atom stereocenters. The Morgan fingerprint density at radius 3 is 2.43 bits per heavy atom. The number of sulfone groups is 1. The molecule has 1 aromatic heterocycles. The van der Waals surface area contributed by atoms with Crippen molar-refractivity contribution in [3.8, 4) is 0 Å². The molecule has 21 heavy (non-hydrogen) atoms. The molecule has 2 rings (SSSR count). The average molecular weight is 363 g/mol. The van der Waals surface area contributed by atoms with Crippen LogP contribution in [0, 0.1) is 0 Å². The Balaban J connectivity index is 2.23. The number of thiophene rings is 1. The van der Waals surface area contributed by atoms with Crippen LogP contribution in [0.3, 0.4) is 0 Å². The minimum atomic E-state index is -3.64. The summed E-state index contributed by atoms with van der Waals surface area (Å²) >= 11 is 12.8. The van der Waals surface area contributed by atoms with E-state index in [1.54, 1.807) is 30.3 Å². The molecule has 0 bridgehead atoms. The summed E-state index contributed by atoms with van der Waals surface area (Å²) in [6, 6.07) is 9.81. The molecule has 0 fully saturated rings. The lowest BCUT2D eigenvalue weighted by Crippen LogP contribution is -2.28. The first-order chi connectivity index (χ1) is 9.81. The van der Waals surface area contributed by atoms with Gasteiger partial charge in [0.2, 0.25) is 0 Å². The quantitative estimate of drug-likeness (QED) is 0.747. The van der Waals surface area contributed by atoms with Crippen molar-refractivity contribution >= 4 is 50.2 Å². The topological polar surface area (TPSA) is 51.2 Å². The van der Waals surface area contributed by atoms with Gasteiger partial charge in [-0.1, -0.05) is 41.4 Å². The summed E-state index contributed by atoms with van der Waals surface area (Å²) < 4.78 is 25.2. The number of hydrogen-bond donors (Lipinski definition) is 0. The number of Topliss-reactive ketones (excluding diaryl/α,β-unsaturated/α-hetero) is 1. The number of benzene rings is 1. The van der Waals surface area contributed by atoms with E-state index in [-0.39, 0.29) is 5.75 Å². The maximum atomic E-state index is 12.4. The zero-order chi connectivity index (χ0) is 15.6. The summed E-state index contributed by atoms with van der Waals surface area (Å²) in [6.45, 7) is 1.39. The lowest BCUT2D eigenvalue weighted by Gasteiger charge is -2.12. The van der Waals surface area contributed by atoms with Gasteiger partial charge in [0.25, 0.3) is 0 Å². The van der Waals surface area contributed by atoms with Crippen molar-refractivity contribution in [2.24, 2.45) is 0 Å². The van der Waals surface area contributed by atoms with Gasteiger partial charge in [-0.15, -0.1) is 11.3 Å². The van der Waals surface area contributed by atoms with Crippen LogP contribution in [0.5, 0.6) is 0 Å². The van der Waals surface area contributed by atoms with Crippen LogP contribution in [0.4, 0.5) is 0 Å². The Labute approximate surface area is 137 Å². The van der Waals surface area contributed by atoms with Gasteiger partial charge in [0, 0.05) is 5.02 Å². The number of halogens is 2. The van der Waals surface area contributed by atoms with Gasteiger partial charge in [-0.2, -0.15) is 0 Å². The summed E-state index contributed by atoms with van der Waals surface area (Å²) in [4.78, 5) is 12.6. The van der Waals surface area contributed by atoms with Crippen LogP contribution in [-0.4, -0.2) is 19.5 Å². The Kier molecular flexibility index (Phi) is 5.09. The van der Waals surface area contributed by atoms with Gasteiger partial charge in [-0.3, -0.25) is 4.79 Å². The number of rotatable bonds is 5. The zero-order valence-corrected chi connectivity index (χ0v) is 14.2. The van der Waals surface area contributed by atoms with Crippen LogP contribution >= 0.6 is 34.5 Å². The van der Waals surface area contributed by atoms with Crippen LogP contribution in [0.1, 0.15) is 22.2 Å². The summed E-state index contributed by atoms with van der Waals surface area (Å²) in [7, 11) is -3.64. The molecule has 0 radical (unpaired) electrons. The first-order valence-corrected chi connectivity index (χ1v) is 9.34. The van der Waals surface area contributed by atoms with Gasteiger partial charge in [-0.05, 0) is 30.7 Å². The van der Waals surface area contributed by atoms with E-state index in [9.17, 15) is 13.2 Å². The van der Waals surface area contributed by atoms with Gasteiger partial charge in [0.05, 0.1) is 15.0 Å². The molecule has 1 unspecified atom stereocenters. The molecule has 0 saturated carbocycles. The second kappa shape index (κ2) is 6.48. The van der Waals surface area contributed by atoms with Crippen molar-refractivity contribution in [1.82, 2.24) is 0 Å². The van der Waals surface area contributed by atoms with E-state index in [0.717, 1.165) is 11.3 Å². The molecule has 0 aliphatic heterocycles. The van der Waals surface area contributed by atoms with Crippen molar-refractivity contribution < 1.29 is 13.2 Å². The molecule has 0 aliphatic rings. The third-order valence-electron chi connectivity index (χ3n) is 3.04. The van der Waals surface area contributed by atoms with Gasteiger partial charge < -0.3 is 0 Å². The number of carbonyl (C=O) groups is 1. The van der Waals surface area contributed by atoms with Gasteiger partial charge in [-0.25, -0.2) is 8.42 Å². The first kappa shape index (κ1) is 16.5. The molecule has 7 heteroatoms. The molecule has 1 aromatic carbocycles. The molecule has 112 valence electrons. The standard InChI is InChI=1S/C14H12Cl2O3S2/c1-9(14(17)12-6-7-13(16)20-12)21(18,19)8-10-4-2-3-5-11(10)15/h2-7,9H,8H2,1H3. The van der Waals surface area contributed by atoms with Crippen molar-refractivity contribution in [2.45, 2.75) is 17.9 Å². The second-order valence-corrected chi connectivity index (χ2v) is 8.95. The number of carbonyl (C=O) groups excluding carboxylic acids is 1. The second-order valence-electron chi connectivity index (χ2n) is 4.51. The average Bonchev–Trinajstić information content (AvgIpc) is 2.86. The number of ketones is 1. The van der Waals surface area contributed by atoms with Crippen LogP contribution < -0.4 is 0 Å². The predicted octanol–water partition coefficient (Wildman–Crippen LogP) is 4.24. The van der Waals surface area contributed by atoms with E-state index in [1.165, 1.54) is 13.0 Å². The molecule has 3 nitrogen and oxygen atoms in total. The van der Waals surface area contributed by atoms with Crippen LogP contribution in [0.2, 0.25) is 9.36 Å². The Morgan fingerprint density at radius 1 is 1.19 bits per heavy atom. The van der Waals surface area contributed by atoms with Crippen LogP contribution in [-0.2, 0) is 15.6 Å². The lowest BCUT2D eigenvalue weighted by molar-refractivity contribution is 0.0995. The number of hydrogen-bond acceptors (Lipinski definition) is 4. The van der Waals surface area contributed by atoms with E-state index in [2.05, 4.69) is 0 Å². The molecule has 0 saturated heterocycles. The zero-order valence-electron chi connectivity index (χ0n) is 11.0. The Hall–Kier alpha value is -0.880. The van der Waals surface area contributed by atoms with Crippen molar-refractivity contribution in [1.29, 1.82) is 0 Å². The Bertz CT molecular complexity index is 766.